The van der Waals surface area contributed by atoms with Gasteiger partial charge >= 0.3 is 5.97 Å². The lowest BCUT2D eigenvalue weighted by Crippen LogP contribution is -2.27. The van der Waals surface area contributed by atoms with Crippen LogP contribution in [0.2, 0.25) is 0 Å². The maximum atomic E-state index is 12.2. The van der Waals surface area contributed by atoms with E-state index in [-0.39, 0.29) is 19.2 Å². The fourth-order valence-electron chi connectivity index (χ4n) is 5.82. The fourth-order valence-corrected chi connectivity index (χ4v) is 5.82. The molecule has 0 radical (unpaired) electrons. The van der Waals surface area contributed by atoms with Crippen LogP contribution < -0.4 is 0 Å². The first-order valence-corrected chi connectivity index (χ1v) is 21.5. The van der Waals surface area contributed by atoms with Crippen LogP contribution in [0.4, 0.5) is 0 Å². The number of esters is 1. The number of carbonyl (C=O) groups excluding carboxylic acids is 1. The highest BCUT2D eigenvalue weighted by Gasteiger charge is 2.13. The number of aliphatic hydroxyl groups is 1. The van der Waals surface area contributed by atoms with Crippen LogP contribution >= 0.6 is 0 Å². The highest BCUT2D eigenvalue weighted by molar-refractivity contribution is 5.69. The van der Waals surface area contributed by atoms with Gasteiger partial charge in [0, 0.05) is 13.0 Å². The lowest BCUT2D eigenvalue weighted by Gasteiger charge is -2.15. The number of carbonyl (C=O) groups is 1. The molecular weight excluding hydrogens is 629 g/mol. The second-order valence-corrected chi connectivity index (χ2v) is 14.0. The lowest BCUT2D eigenvalue weighted by atomic mass is 10.0. The molecule has 0 bridgehead atoms. The van der Waals surface area contributed by atoms with Crippen LogP contribution in [-0.2, 0) is 14.3 Å². The molecule has 0 amide bonds. The fraction of sp³-hybridized carbons (Fsp3) is 0.723. The van der Waals surface area contributed by atoms with Crippen molar-refractivity contribution in [1.82, 2.24) is 0 Å². The van der Waals surface area contributed by atoms with Gasteiger partial charge in [-0.25, -0.2) is 0 Å². The minimum atomic E-state index is -0.555. The van der Waals surface area contributed by atoms with Gasteiger partial charge in [0.05, 0.1) is 13.2 Å². The van der Waals surface area contributed by atoms with E-state index in [9.17, 15) is 9.90 Å². The van der Waals surface area contributed by atoms with Gasteiger partial charge in [-0.3, -0.25) is 4.79 Å². The zero-order chi connectivity index (χ0) is 37.0. The summed E-state index contributed by atoms with van der Waals surface area (Å²) >= 11 is 0. The average molecular weight is 711 g/mol. The summed E-state index contributed by atoms with van der Waals surface area (Å²) in [5, 5.41) is 9.60. The van der Waals surface area contributed by atoms with Crippen molar-refractivity contribution >= 4 is 5.97 Å². The van der Waals surface area contributed by atoms with Crippen LogP contribution in [0.5, 0.6) is 0 Å². The Morgan fingerprint density at radius 2 is 0.882 bits per heavy atom. The normalized spacial score (nSPS) is 13.1. The first kappa shape index (κ1) is 48.8. The Morgan fingerprint density at radius 1 is 0.490 bits per heavy atom. The summed E-state index contributed by atoms with van der Waals surface area (Å²) in [6, 6.07) is 0. The van der Waals surface area contributed by atoms with Gasteiger partial charge in [0.25, 0.3) is 0 Å². The largest absolute Gasteiger partial charge is 0.457 e. The second kappa shape index (κ2) is 44.0. The minimum Gasteiger partial charge on any atom is -0.457 e. The standard InChI is InChI=1S/C47H82O4/c1-3-5-7-9-11-13-15-17-19-21-22-23-24-25-26-27-28-30-32-34-36-38-40-42-47(49)51-46(44-48)45-50-43-41-39-37-35-33-31-29-20-18-16-14-12-10-8-6-4-2/h6,8,12,14-15,17-18,20-22,31,33,46,48H,3-5,7,9-11,13,16,19,23-30,32,34-45H2,1-2H3/b8-6-,14-12-,17-15-,20-18-,22-21-,33-31-. The van der Waals surface area contributed by atoms with E-state index in [1.165, 1.54) is 103 Å². The molecule has 51 heavy (non-hydrogen) atoms. The Balaban J connectivity index is 3.49. The first-order valence-electron chi connectivity index (χ1n) is 21.5. The molecular formula is C47H82O4. The van der Waals surface area contributed by atoms with Crippen LogP contribution in [0.15, 0.2) is 72.9 Å². The van der Waals surface area contributed by atoms with E-state index in [4.69, 9.17) is 9.47 Å². The third kappa shape index (κ3) is 42.1. The van der Waals surface area contributed by atoms with Crippen molar-refractivity contribution in [3.05, 3.63) is 72.9 Å². The van der Waals surface area contributed by atoms with Crippen molar-refractivity contribution in [3.8, 4) is 0 Å². The van der Waals surface area contributed by atoms with Crippen LogP contribution in [0, 0.1) is 0 Å². The minimum absolute atomic E-state index is 0.189. The molecule has 0 saturated heterocycles. The molecule has 0 aromatic rings. The molecule has 0 saturated carbocycles. The van der Waals surface area contributed by atoms with E-state index >= 15 is 0 Å². The third-order valence-corrected chi connectivity index (χ3v) is 9.02. The van der Waals surface area contributed by atoms with Gasteiger partial charge in [0.1, 0.15) is 6.10 Å². The Morgan fingerprint density at radius 3 is 1.33 bits per heavy atom. The third-order valence-electron chi connectivity index (χ3n) is 9.02. The number of rotatable bonds is 39. The van der Waals surface area contributed by atoms with Crippen LogP contribution in [0.1, 0.15) is 194 Å². The van der Waals surface area contributed by atoms with E-state index in [1.807, 2.05) is 0 Å². The van der Waals surface area contributed by atoms with Crippen LogP contribution in [-0.4, -0.2) is 37.0 Å². The Kier molecular flexibility index (Phi) is 42.1. The molecule has 0 aliphatic heterocycles. The van der Waals surface area contributed by atoms with Crippen molar-refractivity contribution < 1.29 is 19.4 Å². The highest BCUT2D eigenvalue weighted by atomic mass is 16.6. The Hall–Kier alpha value is -2.17. The number of hydrogen-bond donors (Lipinski definition) is 1. The van der Waals surface area contributed by atoms with Crippen LogP contribution in [0.3, 0.4) is 0 Å². The van der Waals surface area contributed by atoms with Gasteiger partial charge in [0.2, 0.25) is 0 Å². The van der Waals surface area contributed by atoms with Crippen molar-refractivity contribution in [2.75, 3.05) is 19.8 Å². The summed E-state index contributed by atoms with van der Waals surface area (Å²) in [5.41, 5.74) is 0. The van der Waals surface area contributed by atoms with Crippen LogP contribution in [0.25, 0.3) is 0 Å². The van der Waals surface area contributed by atoms with E-state index < -0.39 is 6.10 Å². The SMILES string of the molecule is CC/C=C\C/C=C\C/C=C\C/C=C\CCCCCOCC(CO)OC(=O)CCCCCCCCCCCCC/C=C\C/C=C\CCCCCCC. The Bertz CT molecular complexity index is 881. The number of unbranched alkanes of at least 4 members (excludes halogenated alkanes) is 19. The number of allylic oxidation sites excluding steroid dienone is 12. The van der Waals surface area contributed by atoms with E-state index in [0.29, 0.717) is 13.0 Å². The lowest BCUT2D eigenvalue weighted by molar-refractivity contribution is -0.154. The summed E-state index contributed by atoms with van der Waals surface area (Å²) in [6.07, 6.45) is 59.6. The zero-order valence-corrected chi connectivity index (χ0v) is 33.6. The van der Waals surface area contributed by atoms with Crippen molar-refractivity contribution in [2.45, 2.75) is 200 Å². The molecule has 0 aromatic carbocycles. The molecule has 0 fully saturated rings. The number of aliphatic hydroxyl groups excluding tert-OH is 1. The molecule has 0 aliphatic carbocycles. The molecule has 0 aromatic heterocycles. The molecule has 1 unspecified atom stereocenters. The maximum absolute atomic E-state index is 12.2. The summed E-state index contributed by atoms with van der Waals surface area (Å²) in [5.74, 6) is -0.216. The first-order chi connectivity index (χ1) is 25.2. The van der Waals surface area contributed by atoms with E-state index in [0.717, 1.165) is 70.6 Å². The van der Waals surface area contributed by atoms with Gasteiger partial charge < -0.3 is 14.6 Å². The van der Waals surface area contributed by atoms with Gasteiger partial charge in [-0.05, 0) is 83.5 Å². The Labute approximate surface area is 317 Å². The van der Waals surface area contributed by atoms with E-state index in [2.05, 4.69) is 86.8 Å². The molecule has 0 rings (SSSR count). The highest BCUT2D eigenvalue weighted by Crippen LogP contribution is 2.14. The molecule has 4 heteroatoms. The molecule has 0 spiro atoms. The number of hydrogen-bond acceptors (Lipinski definition) is 4. The molecule has 1 atom stereocenters. The van der Waals surface area contributed by atoms with Gasteiger partial charge in [-0.2, -0.15) is 0 Å². The van der Waals surface area contributed by atoms with E-state index in [1.54, 1.807) is 0 Å². The quantitative estimate of drug-likeness (QED) is 0.0392. The van der Waals surface area contributed by atoms with Gasteiger partial charge in [-0.1, -0.05) is 177 Å². The van der Waals surface area contributed by atoms with Crippen molar-refractivity contribution in [2.24, 2.45) is 0 Å². The summed E-state index contributed by atoms with van der Waals surface area (Å²) in [7, 11) is 0. The predicted octanol–water partition coefficient (Wildman–Crippen LogP) is 14.2. The average Bonchev–Trinajstić information content (AvgIpc) is 3.14. The van der Waals surface area contributed by atoms with Crippen molar-refractivity contribution in [1.29, 1.82) is 0 Å². The van der Waals surface area contributed by atoms with Gasteiger partial charge in [0.15, 0.2) is 0 Å². The van der Waals surface area contributed by atoms with Gasteiger partial charge in [-0.15, -0.1) is 0 Å². The predicted molar refractivity (Wildman–Crippen MR) is 223 cm³/mol. The number of ether oxygens (including phenoxy) is 2. The summed E-state index contributed by atoms with van der Waals surface area (Å²) in [4.78, 5) is 12.2. The zero-order valence-electron chi connectivity index (χ0n) is 33.6. The molecule has 294 valence electrons. The van der Waals surface area contributed by atoms with Crippen molar-refractivity contribution in [3.63, 3.8) is 0 Å². The molecule has 0 heterocycles. The summed E-state index contributed by atoms with van der Waals surface area (Å²) in [6.45, 7) is 5.15. The maximum Gasteiger partial charge on any atom is 0.306 e. The smallest absolute Gasteiger partial charge is 0.306 e. The topological polar surface area (TPSA) is 55.8 Å². The molecule has 1 N–H and O–H groups in total. The second-order valence-electron chi connectivity index (χ2n) is 14.0. The molecule has 4 nitrogen and oxygen atoms in total. The molecule has 0 aliphatic rings. The monoisotopic (exact) mass is 711 g/mol. The summed E-state index contributed by atoms with van der Waals surface area (Å²) < 4.78 is 11.1.